The molecule has 36 nitrogen and oxygen atoms in total. The zero-order valence-electron chi connectivity index (χ0n) is 68.5. The normalized spacial score (nSPS) is 50.6. The number of aldehydes is 1. The van der Waals surface area contributed by atoms with Crippen molar-refractivity contribution in [1.29, 1.82) is 0 Å². The lowest BCUT2D eigenvalue weighted by Gasteiger charge is -2.71. The highest BCUT2D eigenvalue weighted by molar-refractivity contribution is 5.80. The van der Waals surface area contributed by atoms with Crippen LogP contribution in [-0.4, -0.2) is 352 Å². The Balaban J connectivity index is 0.846. The van der Waals surface area contributed by atoms with Gasteiger partial charge in [0.15, 0.2) is 43.8 Å². The molecule has 11 fully saturated rings. The number of carbonyl (C=O) groups is 3. The first-order chi connectivity index (χ1) is 55.3. The summed E-state index contributed by atoms with van der Waals surface area (Å²) in [5, 5.41) is 204. The molecule has 12 rings (SSSR count). The molecule has 7 aliphatic heterocycles. The third kappa shape index (κ3) is 17.9. The van der Waals surface area contributed by atoms with Gasteiger partial charge in [0.25, 0.3) is 0 Å². The second-order valence-electron chi connectivity index (χ2n) is 37.3. The van der Waals surface area contributed by atoms with E-state index in [9.17, 15) is 102 Å². The highest BCUT2D eigenvalue weighted by atomic mass is 16.8. The summed E-state index contributed by atoms with van der Waals surface area (Å²) >= 11 is 0. The Morgan fingerprint density at radius 3 is 1.61 bits per heavy atom. The molecule has 0 spiro atoms. The zero-order valence-corrected chi connectivity index (χ0v) is 68.5. The molecule has 7 saturated heterocycles. The summed E-state index contributed by atoms with van der Waals surface area (Å²) in [6.45, 7) is 14.2. The molecule has 0 aromatic heterocycles. The van der Waals surface area contributed by atoms with E-state index in [1.54, 1.807) is 6.92 Å². The molecule has 1 amide bonds. The average Bonchev–Trinajstić information content (AvgIpc) is 0.669. The van der Waals surface area contributed by atoms with Gasteiger partial charge in [-0.15, -0.1) is 0 Å². The van der Waals surface area contributed by atoms with Crippen molar-refractivity contribution >= 4 is 18.2 Å². The fourth-order valence-electron chi connectivity index (χ4n) is 22.0. The number of hydrogen-bond acceptors (Lipinski definition) is 35. The van der Waals surface area contributed by atoms with E-state index in [-0.39, 0.29) is 31.6 Å². The predicted molar refractivity (Wildman–Crippen MR) is 399 cm³/mol. The number of esters is 1. The first-order valence-electron chi connectivity index (χ1n) is 42.5. The number of hydrogen-bond donors (Lipinski definition) is 19. The Morgan fingerprint density at radius 1 is 0.487 bits per heavy atom. The average molecular weight is 1680 g/mol. The number of carbonyl (C=O) groups excluding carboxylic acids is 3. The van der Waals surface area contributed by atoms with Crippen LogP contribution in [0.4, 0.5) is 0 Å². The van der Waals surface area contributed by atoms with Crippen LogP contribution < -0.4 is 5.32 Å². The van der Waals surface area contributed by atoms with Crippen LogP contribution in [0.2, 0.25) is 0 Å². The fraction of sp³-hybridized carbons (Fsp3) is 0.938. The maximum Gasteiger partial charge on any atom is 0.317 e. The van der Waals surface area contributed by atoms with Gasteiger partial charge < -0.3 is 168 Å². The highest BCUT2D eigenvalue weighted by Gasteiger charge is 2.73. The van der Waals surface area contributed by atoms with E-state index in [0.29, 0.717) is 51.4 Å². The zero-order chi connectivity index (χ0) is 85.1. The van der Waals surface area contributed by atoms with Gasteiger partial charge in [0.2, 0.25) is 12.2 Å². The molecule has 0 radical (unpaired) electrons. The van der Waals surface area contributed by atoms with E-state index in [1.807, 2.05) is 0 Å². The summed E-state index contributed by atoms with van der Waals surface area (Å²) in [4.78, 5) is 45.3. The summed E-state index contributed by atoms with van der Waals surface area (Å²) < 4.78 is 87.5. The summed E-state index contributed by atoms with van der Waals surface area (Å²) in [5.74, 6) is -2.88. The lowest BCUT2D eigenvalue weighted by molar-refractivity contribution is -0.384. The minimum atomic E-state index is -2.11. The monoisotopic (exact) mass is 1680 g/mol. The van der Waals surface area contributed by atoms with Crippen LogP contribution in [0, 0.1) is 50.2 Å². The number of amides is 1. The summed E-state index contributed by atoms with van der Waals surface area (Å²) in [6.07, 6.45) is -41.8. The first kappa shape index (κ1) is 93.3. The van der Waals surface area contributed by atoms with E-state index in [4.69, 9.17) is 66.3 Å². The lowest BCUT2D eigenvalue weighted by atomic mass is 9.33. The molecule has 36 heteroatoms. The number of fused-ring (bicyclic) bond motifs is 7. The number of unbranched alkanes of at least 4 members (excludes halogenated alkanes) is 8. The molecule has 42 atom stereocenters. The number of aliphatic hydroxyl groups is 18. The first-order valence-corrected chi connectivity index (χ1v) is 42.5. The number of allylic oxidation sites excluding steroid dienone is 2. The number of nitrogens with one attached hydrogen (secondary N) is 1. The van der Waals surface area contributed by atoms with Gasteiger partial charge in [-0.1, -0.05) is 111 Å². The van der Waals surface area contributed by atoms with Gasteiger partial charge in [0.1, 0.15) is 140 Å². The molecular formula is C81H133NO35. The molecule has 16 unspecified atom stereocenters. The van der Waals surface area contributed by atoms with Crippen molar-refractivity contribution in [3.63, 3.8) is 0 Å². The van der Waals surface area contributed by atoms with Crippen molar-refractivity contribution in [2.75, 3.05) is 33.0 Å². The van der Waals surface area contributed by atoms with Gasteiger partial charge in [-0.25, -0.2) is 0 Å². The Morgan fingerprint density at radius 2 is 1.00 bits per heavy atom. The third-order valence-corrected chi connectivity index (χ3v) is 29.4. The summed E-state index contributed by atoms with van der Waals surface area (Å²) in [7, 11) is 0. The molecule has 672 valence electrons. The van der Waals surface area contributed by atoms with Crippen molar-refractivity contribution < 1.29 is 173 Å². The van der Waals surface area contributed by atoms with Crippen LogP contribution in [0.3, 0.4) is 0 Å². The predicted octanol–water partition coefficient (Wildman–Crippen LogP) is -2.40. The van der Waals surface area contributed by atoms with Gasteiger partial charge in [0.05, 0.1) is 68.9 Å². The second kappa shape index (κ2) is 37.7. The Labute approximate surface area is 681 Å². The molecule has 19 N–H and O–H groups in total. The van der Waals surface area contributed by atoms with Crippen LogP contribution >= 0.6 is 0 Å². The standard InChI is InChI=1S/C81H133NO35/c1-10-11-12-13-14-15-16-17-18-19-49(90)82-50-43(30-83)109-74(67(65(50)114-70-60(100)55(95)51(91)36(2)107-70)116-71-62(102)57(97)63(37(3)108-71)112-68-58(98)52(92)40(86)32-104-68)117-75(103)81-27-26-76(4,5)28-39(81)38-20-21-46-77(6)24-23-48(78(7,35-85)45(77)22-25-79(46,8)80(38,9)29-47(81)89)111-73-66(115-72-61(101)56(96)54(94)44(31-84)110-72)64(42(88)34-106-73)113-69-59(99)53(93)41(87)33-105-69/h20,35-37,39-48,50-74,83-84,86-89,91-102H,10-19,21-34H2,1-9H3,(H,82,90)/t36?,37?,39?,40-,41-,42-,43?,44?,45-,46?,47?,48+,50+,51+,52?,53+,54+,55+,56+,57?,58-,59?,60?,61?,62+,63+,64+,65?,66?,67-,68+,69+,70+,71+,72+,73+,74+,77?,78-,79?,80-,81-/m1/s1. The third-order valence-electron chi connectivity index (χ3n) is 29.4. The topological polar surface area (TPSA) is 557 Å². The maximum atomic E-state index is 16.5. The molecule has 0 aromatic rings. The lowest BCUT2D eigenvalue weighted by Crippen LogP contribution is -2.71. The Bertz CT molecular complexity index is 3310. The van der Waals surface area contributed by atoms with Gasteiger partial charge >= 0.3 is 5.97 Å². The van der Waals surface area contributed by atoms with Crippen LogP contribution in [0.15, 0.2) is 11.6 Å². The molecular weight excluding hydrogens is 1550 g/mol. The molecule has 0 bridgehead atoms. The molecule has 7 heterocycles. The SMILES string of the molecule is CCCCCCCCCCCC(=O)N[C@H]1C(CO)O[C@@H](OC(=O)[C@]23CCC(C)(C)CC2C2=CCC4C5(C)CC[C@H](O[C@@H]6OC[C@@H](O)[C@H](O[C@@H]7OC[C@@H](O)[C@H](O)C7O)C6O[C@@H]6OC(CO)[C@H](O)[C@H](O)C6O)[C@](C)(C=O)[C@@H]5CCC4(C)[C@]2(C)CC3O)[C@H](O[C@@H]2OC(C)[C@H](O[C@@H]3OC[C@@H](O)C(O)[C@H]3O)C(O)[C@@H]2O)C1O[C@@H]1OC(C)[C@H](O)[C@H](O)C1O. The maximum absolute atomic E-state index is 16.5. The second-order valence-corrected chi connectivity index (χ2v) is 37.3. The van der Waals surface area contributed by atoms with E-state index in [2.05, 4.69) is 52.9 Å². The molecule has 12 aliphatic rings. The largest absolute Gasteiger partial charge is 0.432 e. The van der Waals surface area contributed by atoms with Crippen LogP contribution in [0.1, 0.15) is 184 Å². The van der Waals surface area contributed by atoms with Crippen molar-refractivity contribution in [1.82, 2.24) is 5.32 Å². The van der Waals surface area contributed by atoms with Gasteiger partial charge in [-0.2, -0.15) is 0 Å². The molecule has 4 saturated carbocycles. The smallest absolute Gasteiger partial charge is 0.317 e. The van der Waals surface area contributed by atoms with Crippen molar-refractivity contribution in [3.05, 3.63) is 11.6 Å². The van der Waals surface area contributed by atoms with Crippen LogP contribution in [-0.2, 0) is 80.7 Å². The minimum Gasteiger partial charge on any atom is -0.432 e. The van der Waals surface area contributed by atoms with E-state index >= 15 is 4.79 Å². The molecule has 0 aromatic carbocycles. The quantitative estimate of drug-likeness (QED) is 0.0128. The fourth-order valence-corrected chi connectivity index (χ4v) is 22.0. The molecule has 117 heavy (non-hydrogen) atoms. The van der Waals surface area contributed by atoms with E-state index in [0.717, 1.165) is 56.8 Å². The van der Waals surface area contributed by atoms with Crippen LogP contribution in [0.25, 0.3) is 0 Å². The minimum absolute atomic E-state index is 0.0120. The van der Waals surface area contributed by atoms with Crippen molar-refractivity contribution in [3.8, 4) is 0 Å². The van der Waals surface area contributed by atoms with Gasteiger partial charge in [-0.05, 0) is 117 Å². The highest BCUT2D eigenvalue weighted by Crippen LogP contribution is 2.76. The van der Waals surface area contributed by atoms with E-state index in [1.165, 1.54) is 13.8 Å². The number of ether oxygens (including phenoxy) is 14. The molecule has 5 aliphatic carbocycles. The van der Waals surface area contributed by atoms with Gasteiger partial charge in [-0.3, -0.25) is 9.59 Å². The van der Waals surface area contributed by atoms with Crippen molar-refractivity contribution in [2.24, 2.45) is 50.2 Å². The summed E-state index contributed by atoms with van der Waals surface area (Å²) in [5.41, 5.74) is -4.85. The number of aliphatic hydroxyl groups excluding tert-OH is 18. The Hall–Kier alpha value is -2.89. The Kier molecular flexibility index (Phi) is 30.1. The van der Waals surface area contributed by atoms with Gasteiger partial charge in [0, 0.05) is 6.42 Å². The van der Waals surface area contributed by atoms with Crippen molar-refractivity contribution in [2.45, 2.75) is 393 Å². The van der Waals surface area contributed by atoms with E-state index < -0.39 is 298 Å². The number of rotatable bonds is 28. The van der Waals surface area contributed by atoms with Crippen LogP contribution in [0.5, 0.6) is 0 Å². The summed E-state index contributed by atoms with van der Waals surface area (Å²) in [6, 6.07) is -1.52.